The van der Waals surface area contributed by atoms with Crippen LogP contribution in [0.1, 0.15) is 48.9 Å². The van der Waals surface area contributed by atoms with Gasteiger partial charge in [-0.3, -0.25) is 9.59 Å². The zero-order valence-corrected chi connectivity index (χ0v) is 12.8. The van der Waals surface area contributed by atoms with Gasteiger partial charge in [0.1, 0.15) is 0 Å². The molecule has 0 aromatic heterocycles. The highest BCUT2D eigenvalue weighted by Gasteiger charge is 2.38. The zero-order chi connectivity index (χ0) is 15.6. The van der Waals surface area contributed by atoms with Crippen molar-refractivity contribution in [2.24, 2.45) is 11.8 Å². The third-order valence-corrected chi connectivity index (χ3v) is 4.43. The SMILES string of the molecule is Cc1ccc(C)c(C(C)NC(=O)C2CCCC2C(=O)O)c1. The highest BCUT2D eigenvalue weighted by Crippen LogP contribution is 2.32. The molecule has 0 spiro atoms. The van der Waals surface area contributed by atoms with Crippen molar-refractivity contribution in [1.82, 2.24) is 5.32 Å². The molecule has 2 rings (SSSR count). The topological polar surface area (TPSA) is 66.4 Å². The van der Waals surface area contributed by atoms with Crippen LogP contribution in [0.2, 0.25) is 0 Å². The van der Waals surface area contributed by atoms with Gasteiger partial charge in [0.15, 0.2) is 0 Å². The molecule has 4 heteroatoms. The lowest BCUT2D eigenvalue weighted by molar-refractivity contribution is -0.146. The van der Waals surface area contributed by atoms with E-state index in [1.807, 2.05) is 32.9 Å². The number of rotatable bonds is 4. The van der Waals surface area contributed by atoms with E-state index in [0.29, 0.717) is 12.8 Å². The minimum atomic E-state index is -0.855. The molecule has 0 saturated heterocycles. The molecule has 1 fully saturated rings. The maximum Gasteiger partial charge on any atom is 0.307 e. The summed E-state index contributed by atoms with van der Waals surface area (Å²) in [4.78, 5) is 23.6. The molecule has 21 heavy (non-hydrogen) atoms. The van der Waals surface area contributed by atoms with E-state index >= 15 is 0 Å². The van der Waals surface area contributed by atoms with Crippen molar-refractivity contribution in [3.63, 3.8) is 0 Å². The van der Waals surface area contributed by atoms with Crippen LogP contribution >= 0.6 is 0 Å². The van der Waals surface area contributed by atoms with Crippen LogP contribution in [0.5, 0.6) is 0 Å². The number of aryl methyl sites for hydroxylation is 2. The number of aliphatic carboxylic acids is 1. The number of amides is 1. The fourth-order valence-electron chi connectivity index (χ4n) is 3.19. The summed E-state index contributed by atoms with van der Waals surface area (Å²) in [5, 5.41) is 12.2. The summed E-state index contributed by atoms with van der Waals surface area (Å²) < 4.78 is 0. The molecule has 3 atom stereocenters. The third-order valence-electron chi connectivity index (χ3n) is 4.43. The van der Waals surface area contributed by atoms with E-state index in [-0.39, 0.29) is 11.9 Å². The molecule has 1 aliphatic carbocycles. The van der Waals surface area contributed by atoms with Gasteiger partial charge >= 0.3 is 5.97 Å². The second-order valence-corrected chi connectivity index (χ2v) is 6.07. The maximum absolute atomic E-state index is 12.4. The van der Waals surface area contributed by atoms with E-state index in [1.54, 1.807) is 0 Å². The van der Waals surface area contributed by atoms with Gasteiger partial charge in [0.2, 0.25) is 5.91 Å². The number of hydrogen-bond acceptors (Lipinski definition) is 2. The minimum Gasteiger partial charge on any atom is -0.481 e. The zero-order valence-electron chi connectivity index (χ0n) is 12.8. The van der Waals surface area contributed by atoms with Crippen LogP contribution in [0.15, 0.2) is 18.2 Å². The molecule has 4 nitrogen and oxygen atoms in total. The number of hydrogen-bond donors (Lipinski definition) is 2. The van der Waals surface area contributed by atoms with Crippen LogP contribution in [-0.4, -0.2) is 17.0 Å². The molecule has 0 heterocycles. The quantitative estimate of drug-likeness (QED) is 0.895. The van der Waals surface area contributed by atoms with Crippen LogP contribution in [0.3, 0.4) is 0 Å². The summed E-state index contributed by atoms with van der Waals surface area (Å²) in [5.74, 6) is -1.91. The smallest absolute Gasteiger partial charge is 0.307 e. The average molecular weight is 289 g/mol. The number of carboxylic acid groups (broad SMARTS) is 1. The lowest BCUT2D eigenvalue weighted by Crippen LogP contribution is -2.36. The molecule has 114 valence electrons. The molecular weight excluding hydrogens is 266 g/mol. The average Bonchev–Trinajstić information content (AvgIpc) is 2.91. The molecule has 1 aromatic rings. The van der Waals surface area contributed by atoms with Crippen molar-refractivity contribution >= 4 is 11.9 Å². The minimum absolute atomic E-state index is 0.104. The summed E-state index contributed by atoms with van der Waals surface area (Å²) >= 11 is 0. The Kier molecular flexibility index (Phi) is 4.66. The molecule has 0 bridgehead atoms. The number of carboxylic acids is 1. The molecule has 1 aromatic carbocycles. The fourth-order valence-corrected chi connectivity index (χ4v) is 3.19. The van der Waals surface area contributed by atoms with Crippen LogP contribution in [0.25, 0.3) is 0 Å². The molecule has 1 aliphatic rings. The van der Waals surface area contributed by atoms with Gasteiger partial charge in [-0.1, -0.05) is 30.2 Å². The van der Waals surface area contributed by atoms with Crippen molar-refractivity contribution < 1.29 is 14.7 Å². The Labute approximate surface area is 125 Å². The Morgan fingerprint density at radius 3 is 2.57 bits per heavy atom. The van der Waals surface area contributed by atoms with Crippen molar-refractivity contribution in [3.8, 4) is 0 Å². The van der Waals surface area contributed by atoms with E-state index < -0.39 is 17.8 Å². The summed E-state index contributed by atoms with van der Waals surface area (Å²) in [7, 11) is 0. The molecular formula is C17H23NO3. The lowest BCUT2D eigenvalue weighted by Gasteiger charge is -2.21. The number of carbonyl (C=O) groups is 2. The predicted octanol–water partition coefficient (Wildman–Crippen LogP) is 2.98. The van der Waals surface area contributed by atoms with Gasteiger partial charge in [-0.15, -0.1) is 0 Å². The van der Waals surface area contributed by atoms with E-state index in [4.69, 9.17) is 0 Å². The van der Waals surface area contributed by atoms with Gasteiger partial charge in [0, 0.05) is 0 Å². The van der Waals surface area contributed by atoms with Crippen molar-refractivity contribution in [2.75, 3.05) is 0 Å². The Bertz CT molecular complexity index is 553. The Balaban J connectivity index is 2.08. The second kappa shape index (κ2) is 6.29. The first kappa shape index (κ1) is 15.5. The maximum atomic E-state index is 12.4. The Morgan fingerprint density at radius 1 is 1.24 bits per heavy atom. The second-order valence-electron chi connectivity index (χ2n) is 6.07. The van der Waals surface area contributed by atoms with Gasteiger partial charge in [0.25, 0.3) is 0 Å². The van der Waals surface area contributed by atoms with Crippen LogP contribution in [0, 0.1) is 25.7 Å². The van der Waals surface area contributed by atoms with Gasteiger partial charge in [0.05, 0.1) is 17.9 Å². The van der Waals surface area contributed by atoms with Crippen LogP contribution in [-0.2, 0) is 9.59 Å². The van der Waals surface area contributed by atoms with E-state index in [2.05, 4.69) is 11.4 Å². The first-order valence-corrected chi connectivity index (χ1v) is 7.50. The highest BCUT2D eigenvalue weighted by molar-refractivity contribution is 5.85. The van der Waals surface area contributed by atoms with Gasteiger partial charge in [-0.25, -0.2) is 0 Å². The first-order chi connectivity index (χ1) is 9.90. The summed E-state index contributed by atoms with van der Waals surface area (Å²) in [6.07, 6.45) is 2.08. The largest absolute Gasteiger partial charge is 0.481 e. The molecule has 1 amide bonds. The molecule has 0 radical (unpaired) electrons. The normalized spacial score (nSPS) is 22.8. The summed E-state index contributed by atoms with van der Waals surface area (Å²) in [6, 6.07) is 6.06. The fraction of sp³-hybridized carbons (Fsp3) is 0.529. The first-order valence-electron chi connectivity index (χ1n) is 7.50. The van der Waals surface area contributed by atoms with Gasteiger partial charge < -0.3 is 10.4 Å². The van der Waals surface area contributed by atoms with Crippen molar-refractivity contribution in [1.29, 1.82) is 0 Å². The highest BCUT2D eigenvalue weighted by atomic mass is 16.4. The lowest BCUT2D eigenvalue weighted by atomic mass is 9.94. The van der Waals surface area contributed by atoms with Crippen LogP contribution in [0.4, 0.5) is 0 Å². The Hall–Kier alpha value is -1.84. The van der Waals surface area contributed by atoms with Crippen molar-refractivity contribution in [3.05, 3.63) is 34.9 Å². The van der Waals surface area contributed by atoms with Crippen molar-refractivity contribution in [2.45, 2.75) is 46.1 Å². The van der Waals surface area contributed by atoms with Gasteiger partial charge in [-0.05, 0) is 44.7 Å². The monoisotopic (exact) mass is 289 g/mol. The van der Waals surface area contributed by atoms with E-state index in [9.17, 15) is 14.7 Å². The summed E-state index contributed by atoms with van der Waals surface area (Å²) in [6.45, 7) is 5.99. The summed E-state index contributed by atoms with van der Waals surface area (Å²) in [5.41, 5.74) is 3.38. The standard InChI is InChI=1S/C17H23NO3/c1-10-7-8-11(2)15(9-10)12(3)18-16(19)13-5-4-6-14(13)17(20)21/h7-9,12-14H,4-6H2,1-3H3,(H,18,19)(H,20,21). The predicted molar refractivity (Wildman–Crippen MR) is 80.9 cm³/mol. The number of benzene rings is 1. The van der Waals surface area contributed by atoms with E-state index in [0.717, 1.165) is 23.1 Å². The number of carbonyl (C=O) groups excluding carboxylic acids is 1. The van der Waals surface area contributed by atoms with Crippen LogP contribution < -0.4 is 5.32 Å². The Morgan fingerprint density at radius 2 is 1.90 bits per heavy atom. The number of nitrogens with one attached hydrogen (secondary N) is 1. The molecule has 3 unspecified atom stereocenters. The third kappa shape index (κ3) is 3.43. The molecule has 0 aliphatic heterocycles. The molecule has 1 saturated carbocycles. The molecule has 2 N–H and O–H groups in total. The van der Waals surface area contributed by atoms with E-state index in [1.165, 1.54) is 0 Å². The van der Waals surface area contributed by atoms with Gasteiger partial charge in [-0.2, -0.15) is 0 Å².